The van der Waals surface area contributed by atoms with Gasteiger partial charge in [0.1, 0.15) is 0 Å². The zero-order valence-electron chi connectivity index (χ0n) is 16.1. The zero-order valence-corrected chi connectivity index (χ0v) is 16.1. The maximum absolute atomic E-state index is 14.2. The third-order valence-corrected chi connectivity index (χ3v) is 7.35. The van der Waals surface area contributed by atoms with E-state index in [4.69, 9.17) is 4.74 Å². The summed E-state index contributed by atoms with van der Waals surface area (Å²) in [5, 5.41) is 0. The predicted molar refractivity (Wildman–Crippen MR) is 98.5 cm³/mol. The number of allylic oxidation sites excluding steroid dienone is 2. The van der Waals surface area contributed by atoms with Crippen molar-refractivity contribution in [2.45, 2.75) is 96.7 Å². The van der Waals surface area contributed by atoms with Crippen LogP contribution in [0.1, 0.15) is 84.5 Å². The Morgan fingerprint density at radius 1 is 0.920 bits per heavy atom. The van der Waals surface area contributed by atoms with E-state index >= 15 is 0 Å². The molecule has 2 aliphatic carbocycles. The van der Waals surface area contributed by atoms with Gasteiger partial charge in [-0.25, -0.2) is 0 Å². The highest BCUT2D eigenvalue weighted by molar-refractivity contribution is 4.98. The van der Waals surface area contributed by atoms with Crippen LogP contribution < -0.4 is 0 Å². The van der Waals surface area contributed by atoms with Crippen molar-refractivity contribution >= 4 is 0 Å². The number of halogens is 2. The van der Waals surface area contributed by atoms with Gasteiger partial charge >= 0.3 is 6.11 Å². The van der Waals surface area contributed by atoms with E-state index in [1.54, 1.807) is 0 Å². The Kier molecular flexibility index (Phi) is 6.57. The minimum atomic E-state index is -2.87. The number of hydrogen-bond donors (Lipinski definition) is 0. The topological polar surface area (TPSA) is 9.23 Å². The monoisotopic (exact) mass is 354 g/mol. The van der Waals surface area contributed by atoms with Gasteiger partial charge in [0.15, 0.2) is 0 Å². The van der Waals surface area contributed by atoms with Gasteiger partial charge in [0, 0.05) is 0 Å². The molecule has 0 aromatic heterocycles. The lowest BCUT2D eigenvalue weighted by Crippen LogP contribution is -2.61. The maximum atomic E-state index is 14.2. The standard InChI is InChI=1S/C22H36F2O/c1-3-5-6-7-17-10-12-18(13-11-17)20-21(25-22(20,23)24)19-14-8-16(4-2)9-15-19/h3,5,16-21H,4,6-15H2,1-2H3/b5-3+/t16?,17-,18-,19?,20-,21-/m0/s1. The third kappa shape index (κ3) is 4.46. The summed E-state index contributed by atoms with van der Waals surface area (Å²) < 4.78 is 33.7. The van der Waals surface area contributed by atoms with E-state index in [9.17, 15) is 8.78 Å². The van der Waals surface area contributed by atoms with Crippen LogP contribution in [-0.4, -0.2) is 12.2 Å². The van der Waals surface area contributed by atoms with Gasteiger partial charge in [-0.1, -0.05) is 51.2 Å². The van der Waals surface area contributed by atoms with Gasteiger partial charge in [0.2, 0.25) is 0 Å². The summed E-state index contributed by atoms with van der Waals surface area (Å²) in [6.45, 7) is 4.31. The largest absolute Gasteiger partial charge is 0.361 e. The molecule has 2 atom stereocenters. The van der Waals surface area contributed by atoms with Gasteiger partial charge < -0.3 is 4.74 Å². The van der Waals surface area contributed by atoms with E-state index in [1.165, 1.54) is 25.7 Å². The summed E-state index contributed by atoms with van der Waals surface area (Å²) in [6.07, 6.45) is 13.7. The summed E-state index contributed by atoms with van der Waals surface area (Å²) in [6, 6.07) is 0. The number of rotatable bonds is 6. The lowest BCUT2D eigenvalue weighted by Gasteiger charge is -2.53. The van der Waals surface area contributed by atoms with Gasteiger partial charge in [-0.15, -0.1) is 0 Å². The van der Waals surface area contributed by atoms with E-state index < -0.39 is 12.0 Å². The molecule has 2 saturated carbocycles. The van der Waals surface area contributed by atoms with E-state index in [-0.39, 0.29) is 12.0 Å². The average Bonchev–Trinajstić information content (AvgIpc) is 2.62. The molecule has 0 bridgehead atoms. The normalized spacial score (nSPS) is 41.6. The number of ether oxygens (including phenoxy) is 1. The Labute approximate surface area is 152 Å². The molecular weight excluding hydrogens is 318 g/mol. The first kappa shape index (κ1) is 19.3. The molecule has 0 aromatic carbocycles. The summed E-state index contributed by atoms with van der Waals surface area (Å²) in [4.78, 5) is 0. The molecule has 0 spiro atoms. The average molecular weight is 355 g/mol. The number of alkyl halides is 2. The van der Waals surface area contributed by atoms with Gasteiger partial charge in [-0.2, -0.15) is 8.78 Å². The minimum absolute atomic E-state index is 0.169. The minimum Gasteiger partial charge on any atom is -0.316 e. The second kappa shape index (κ2) is 8.50. The fourth-order valence-electron chi connectivity index (χ4n) is 5.64. The molecule has 0 aromatic rings. The quantitative estimate of drug-likeness (QED) is 0.468. The summed E-state index contributed by atoms with van der Waals surface area (Å²) in [7, 11) is 0. The highest BCUT2D eigenvalue weighted by atomic mass is 19.3. The Hall–Kier alpha value is -0.440. The second-order valence-corrected chi connectivity index (χ2v) is 8.79. The molecule has 3 aliphatic rings. The lowest BCUT2D eigenvalue weighted by molar-refractivity contribution is -0.418. The smallest absolute Gasteiger partial charge is 0.316 e. The summed E-state index contributed by atoms with van der Waals surface area (Å²) >= 11 is 0. The molecule has 1 aliphatic heterocycles. The van der Waals surface area contributed by atoms with Crippen molar-refractivity contribution < 1.29 is 13.5 Å². The van der Waals surface area contributed by atoms with Gasteiger partial charge in [-0.05, 0) is 69.1 Å². The Bertz CT molecular complexity index is 431. The molecule has 1 heterocycles. The van der Waals surface area contributed by atoms with Crippen molar-refractivity contribution in [1.29, 1.82) is 0 Å². The molecule has 1 nitrogen and oxygen atoms in total. The Morgan fingerprint density at radius 2 is 1.52 bits per heavy atom. The van der Waals surface area contributed by atoms with Gasteiger partial charge in [-0.3, -0.25) is 0 Å². The van der Waals surface area contributed by atoms with Gasteiger partial charge in [0.05, 0.1) is 12.0 Å². The van der Waals surface area contributed by atoms with Crippen molar-refractivity contribution in [2.24, 2.45) is 29.6 Å². The first-order valence-electron chi connectivity index (χ1n) is 10.7. The van der Waals surface area contributed by atoms with Gasteiger partial charge in [0.25, 0.3) is 0 Å². The molecule has 3 heteroatoms. The molecule has 0 N–H and O–H groups in total. The van der Waals surface area contributed by atoms with Crippen LogP contribution in [0.5, 0.6) is 0 Å². The van der Waals surface area contributed by atoms with Crippen LogP contribution in [-0.2, 0) is 4.74 Å². The molecule has 0 amide bonds. The Morgan fingerprint density at radius 3 is 2.08 bits per heavy atom. The van der Waals surface area contributed by atoms with Crippen LogP contribution in [0.2, 0.25) is 0 Å². The van der Waals surface area contributed by atoms with E-state index in [0.29, 0.717) is 5.92 Å². The number of hydrogen-bond acceptors (Lipinski definition) is 1. The van der Waals surface area contributed by atoms with Crippen molar-refractivity contribution in [1.82, 2.24) is 0 Å². The SMILES string of the molecule is C/C=C/CC[C@H]1CC[C@H]([C@H]2[C@H](C3CCC(CC)CC3)OC2(F)F)CC1. The molecule has 1 saturated heterocycles. The van der Waals surface area contributed by atoms with Crippen LogP contribution in [0.25, 0.3) is 0 Å². The fourth-order valence-corrected chi connectivity index (χ4v) is 5.64. The maximum Gasteiger partial charge on any atom is 0.361 e. The first-order valence-corrected chi connectivity index (χ1v) is 10.7. The van der Waals surface area contributed by atoms with Crippen molar-refractivity contribution in [2.75, 3.05) is 0 Å². The highest BCUT2D eigenvalue weighted by Gasteiger charge is 2.62. The summed E-state index contributed by atoms with van der Waals surface area (Å²) in [5.41, 5.74) is 0. The highest BCUT2D eigenvalue weighted by Crippen LogP contribution is 2.55. The summed E-state index contributed by atoms with van der Waals surface area (Å²) in [5.74, 6) is 1.59. The first-order chi connectivity index (χ1) is 12.0. The van der Waals surface area contributed by atoms with Crippen LogP contribution in [0.3, 0.4) is 0 Å². The van der Waals surface area contributed by atoms with Crippen LogP contribution in [0.15, 0.2) is 12.2 Å². The molecule has 25 heavy (non-hydrogen) atoms. The van der Waals surface area contributed by atoms with Crippen molar-refractivity contribution in [3.05, 3.63) is 12.2 Å². The van der Waals surface area contributed by atoms with Crippen molar-refractivity contribution in [3.8, 4) is 0 Å². The molecular formula is C22H36F2O. The molecule has 144 valence electrons. The van der Waals surface area contributed by atoms with Crippen LogP contribution in [0, 0.1) is 29.6 Å². The molecule has 3 rings (SSSR count). The van der Waals surface area contributed by atoms with Crippen molar-refractivity contribution in [3.63, 3.8) is 0 Å². The van der Waals surface area contributed by atoms with Crippen LogP contribution >= 0.6 is 0 Å². The van der Waals surface area contributed by atoms with E-state index in [2.05, 4.69) is 26.0 Å². The second-order valence-electron chi connectivity index (χ2n) is 8.79. The third-order valence-electron chi connectivity index (χ3n) is 7.35. The fraction of sp³-hybridized carbons (Fsp3) is 0.909. The molecule has 0 unspecified atom stereocenters. The van der Waals surface area contributed by atoms with E-state index in [0.717, 1.165) is 56.8 Å². The Balaban J connectivity index is 1.51. The zero-order chi connectivity index (χ0) is 17.9. The molecule has 0 radical (unpaired) electrons. The predicted octanol–water partition coefficient (Wildman–Crippen LogP) is 6.97. The van der Waals surface area contributed by atoms with E-state index in [1.807, 2.05) is 0 Å². The molecule has 3 fully saturated rings. The van der Waals surface area contributed by atoms with Crippen LogP contribution in [0.4, 0.5) is 8.78 Å². The lowest BCUT2D eigenvalue weighted by atomic mass is 9.66.